The minimum Gasteiger partial charge on any atom is -0.409 e. The van der Waals surface area contributed by atoms with Gasteiger partial charge < -0.3 is 15.0 Å². The number of anilines is 1. The van der Waals surface area contributed by atoms with Crippen molar-refractivity contribution in [1.29, 1.82) is 0 Å². The summed E-state index contributed by atoms with van der Waals surface area (Å²) < 4.78 is 6.13. The lowest BCUT2D eigenvalue weighted by molar-refractivity contribution is 0.202. The van der Waals surface area contributed by atoms with Crippen LogP contribution < -0.4 is 15.0 Å². The van der Waals surface area contributed by atoms with E-state index in [0.717, 1.165) is 23.1 Å². The van der Waals surface area contributed by atoms with Crippen LogP contribution in [0.2, 0.25) is 0 Å². The maximum absolute atomic E-state index is 11.5. The number of amides is 1. The molecule has 1 fully saturated rings. The molecule has 2 aliphatic heterocycles. The first-order chi connectivity index (χ1) is 9.88. The van der Waals surface area contributed by atoms with Crippen LogP contribution in [0.25, 0.3) is 0 Å². The third-order valence-electron chi connectivity index (χ3n) is 4.79. The van der Waals surface area contributed by atoms with Crippen LogP contribution in [0, 0.1) is 0 Å². The Morgan fingerprint density at radius 1 is 1.48 bits per heavy atom. The van der Waals surface area contributed by atoms with Crippen molar-refractivity contribution in [3.05, 3.63) is 22.2 Å². The van der Waals surface area contributed by atoms with Gasteiger partial charge in [-0.1, -0.05) is 6.92 Å². The number of ether oxygens (including phenoxy) is 1. The van der Waals surface area contributed by atoms with E-state index in [2.05, 4.69) is 58.1 Å². The van der Waals surface area contributed by atoms with Crippen molar-refractivity contribution < 1.29 is 9.53 Å². The fourth-order valence-corrected chi connectivity index (χ4v) is 4.22. The maximum atomic E-state index is 11.5. The Morgan fingerprint density at radius 3 is 2.86 bits per heavy atom. The van der Waals surface area contributed by atoms with Crippen LogP contribution in [-0.4, -0.2) is 44.8 Å². The highest BCUT2D eigenvalue weighted by Crippen LogP contribution is 2.53. The molecule has 0 aliphatic carbocycles. The lowest BCUT2D eigenvalue weighted by Gasteiger charge is -2.32. The van der Waals surface area contributed by atoms with E-state index in [1.54, 1.807) is 7.05 Å². The highest BCUT2D eigenvalue weighted by atomic mass is 79.9. The number of carbonyl (C=O) groups excluding carboxylic acids is 1. The standard InChI is InChI=1S/C15H20BrN3O2/c1-15-5-6-18(3)13(15)19(4)11-8-12(21-14(20)17-2)10(16)7-9(11)15/h7-8,13H,5-6H2,1-4H3,(H,17,20)/t13-,15-/m0/s1. The lowest BCUT2D eigenvalue weighted by atomic mass is 9.81. The van der Waals surface area contributed by atoms with Gasteiger partial charge in [0.25, 0.3) is 0 Å². The molecule has 3 rings (SSSR count). The molecule has 114 valence electrons. The highest BCUT2D eigenvalue weighted by Gasteiger charge is 2.52. The predicted octanol–water partition coefficient (Wildman–Crippen LogP) is 2.54. The van der Waals surface area contributed by atoms with Crippen molar-refractivity contribution in [3.63, 3.8) is 0 Å². The molecule has 1 saturated heterocycles. The zero-order chi connectivity index (χ0) is 15.4. The molecule has 0 unspecified atom stereocenters. The Morgan fingerprint density at radius 2 is 2.19 bits per heavy atom. The smallest absolute Gasteiger partial charge is 0.409 e. The molecule has 0 aromatic heterocycles. The second kappa shape index (κ2) is 4.88. The third-order valence-corrected chi connectivity index (χ3v) is 5.41. The van der Waals surface area contributed by atoms with E-state index in [0.29, 0.717) is 11.9 Å². The molecule has 0 saturated carbocycles. The van der Waals surface area contributed by atoms with E-state index in [4.69, 9.17) is 4.74 Å². The Hall–Kier alpha value is -1.27. The molecular formula is C15H20BrN3O2. The van der Waals surface area contributed by atoms with Crippen molar-refractivity contribution in [3.8, 4) is 5.75 Å². The zero-order valence-electron chi connectivity index (χ0n) is 12.7. The first-order valence-electron chi connectivity index (χ1n) is 7.05. The van der Waals surface area contributed by atoms with Gasteiger partial charge >= 0.3 is 6.09 Å². The third kappa shape index (κ3) is 2.04. The molecule has 1 amide bonds. The van der Waals surface area contributed by atoms with Gasteiger partial charge in [0.2, 0.25) is 0 Å². The number of likely N-dealkylation sites (N-methyl/N-ethyl adjacent to an activating group) is 2. The van der Waals surface area contributed by atoms with Crippen molar-refractivity contribution in [1.82, 2.24) is 10.2 Å². The fourth-order valence-electron chi connectivity index (χ4n) is 3.80. The fraction of sp³-hybridized carbons (Fsp3) is 0.533. The summed E-state index contributed by atoms with van der Waals surface area (Å²) in [6.45, 7) is 3.41. The number of nitrogens with one attached hydrogen (secondary N) is 1. The van der Waals surface area contributed by atoms with Gasteiger partial charge in [-0.05, 0) is 41.0 Å². The van der Waals surface area contributed by atoms with E-state index >= 15 is 0 Å². The quantitative estimate of drug-likeness (QED) is 0.842. The molecule has 2 aliphatic rings. The van der Waals surface area contributed by atoms with E-state index in [9.17, 15) is 4.79 Å². The summed E-state index contributed by atoms with van der Waals surface area (Å²) in [5.74, 6) is 0.547. The summed E-state index contributed by atoms with van der Waals surface area (Å²) in [6.07, 6.45) is 1.03. The second-order valence-electron chi connectivity index (χ2n) is 6.07. The molecule has 0 spiro atoms. The molecule has 6 heteroatoms. The summed E-state index contributed by atoms with van der Waals surface area (Å²) in [5.41, 5.74) is 2.57. The van der Waals surface area contributed by atoms with E-state index < -0.39 is 6.09 Å². The Bertz CT molecular complexity index is 607. The summed E-state index contributed by atoms with van der Waals surface area (Å²) in [6, 6.07) is 4.05. The Labute approximate surface area is 133 Å². The molecule has 5 nitrogen and oxygen atoms in total. The van der Waals surface area contributed by atoms with Gasteiger partial charge in [-0.3, -0.25) is 4.90 Å². The number of fused-ring (bicyclic) bond motifs is 3. The molecule has 2 heterocycles. The Balaban J connectivity index is 2.06. The van der Waals surface area contributed by atoms with Gasteiger partial charge in [0, 0.05) is 37.8 Å². The van der Waals surface area contributed by atoms with Gasteiger partial charge in [-0.2, -0.15) is 0 Å². The SMILES string of the molecule is CNC(=O)Oc1cc2c(cc1Br)[C@]1(C)CCN(C)[C@H]1N2C. The van der Waals surface area contributed by atoms with Crippen LogP contribution >= 0.6 is 15.9 Å². The first-order valence-corrected chi connectivity index (χ1v) is 7.84. The van der Waals surface area contributed by atoms with Crippen LogP contribution in [0.15, 0.2) is 16.6 Å². The molecule has 1 aromatic carbocycles. The van der Waals surface area contributed by atoms with Crippen molar-refractivity contribution >= 4 is 27.7 Å². The van der Waals surface area contributed by atoms with E-state index in [1.807, 2.05) is 6.07 Å². The molecule has 1 aromatic rings. The number of hydrogen-bond acceptors (Lipinski definition) is 4. The molecule has 2 atom stereocenters. The second-order valence-corrected chi connectivity index (χ2v) is 6.93. The number of likely N-dealkylation sites (tertiary alicyclic amines) is 1. The number of benzene rings is 1. The van der Waals surface area contributed by atoms with Gasteiger partial charge in [0.05, 0.1) is 10.6 Å². The van der Waals surface area contributed by atoms with E-state index in [-0.39, 0.29) is 5.41 Å². The van der Waals surface area contributed by atoms with Crippen LogP contribution in [-0.2, 0) is 5.41 Å². The normalized spacial score (nSPS) is 27.5. The average Bonchev–Trinajstić information content (AvgIpc) is 2.86. The first kappa shape index (κ1) is 14.7. The number of nitrogens with zero attached hydrogens (tertiary/aromatic N) is 2. The topological polar surface area (TPSA) is 44.8 Å². The van der Waals surface area contributed by atoms with Crippen LogP contribution in [0.1, 0.15) is 18.9 Å². The van der Waals surface area contributed by atoms with Crippen LogP contribution in [0.5, 0.6) is 5.75 Å². The molecule has 21 heavy (non-hydrogen) atoms. The van der Waals surface area contributed by atoms with Gasteiger partial charge in [-0.25, -0.2) is 4.79 Å². The highest BCUT2D eigenvalue weighted by molar-refractivity contribution is 9.10. The molecular weight excluding hydrogens is 334 g/mol. The summed E-state index contributed by atoms with van der Waals surface area (Å²) in [5, 5.41) is 2.47. The van der Waals surface area contributed by atoms with Gasteiger partial charge in [0.15, 0.2) is 0 Å². The minimum atomic E-state index is -0.458. The van der Waals surface area contributed by atoms with Crippen molar-refractivity contribution in [2.45, 2.75) is 24.9 Å². The summed E-state index contributed by atoms with van der Waals surface area (Å²) in [7, 11) is 5.82. The predicted molar refractivity (Wildman–Crippen MR) is 86.0 cm³/mol. The van der Waals surface area contributed by atoms with Crippen molar-refractivity contribution in [2.75, 3.05) is 32.6 Å². The maximum Gasteiger partial charge on any atom is 0.412 e. The summed E-state index contributed by atoms with van der Waals surface area (Å²) >= 11 is 3.53. The summed E-state index contributed by atoms with van der Waals surface area (Å²) in [4.78, 5) is 16.1. The number of rotatable bonds is 1. The van der Waals surface area contributed by atoms with E-state index in [1.165, 1.54) is 5.56 Å². The van der Waals surface area contributed by atoms with Crippen LogP contribution in [0.3, 0.4) is 0 Å². The molecule has 0 bridgehead atoms. The monoisotopic (exact) mass is 353 g/mol. The molecule has 1 N–H and O–H groups in total. The largest absolute Gasteiger partial charge is 0.412 e. The lowest BCUT2D eigenvalue weighted by Crippen LogP contribution is -2.45. The Kier molecular flexibility index (Phi) is 3.41. The molecule has 0 radical (unpaired) electrons. The van der Waals surface area contributed by atoms with Crippen molar-refractivity contribution in [2.24, 2.45) is 0 Å². The van der Waals surface area contributed by atoms with Crippen LogP contribution in [0.4, 0.5) is 10.5 Å². The number of hydrogen-bond donors (Lipinski definition) is 1. The minimum absolute atomic E-state index is 0.118. The number of halogens is 1. The van der Waals surface area contributed by atoms with Gasteiger partial charge in [-0.15, -0.1) is 0 Å². The zero-order valence-corrected chi connectivity index (χ0v) is 14.3. The van der Waals surface area contributed by atoms with Gasteiger partial charge in [0.1, 0.15) is 5.75 Å². The number of carbonyl (C=O) groups is 1. The average molecular weight is 354 g/mol.